The molecule has 1 N–H and O–H groups in total. The smallest absolute Gasteiger partial charge is 0.337 e. The van der Waals surface area contributed by atoms with Gasteiger partial charge in [0, 0.05) is 38.4 Å². The maximum absolute atomic E-state index is 10.9. The van der Waals surface area contributed by atoms with Crippen molar-refractivity contribution in [1.82, 2.24) is 9.88 Å². The number of piperazine rings is 1. The topological polar surface area (TPSA) is 56.7 Å². The number of aromatic nitrogens is 1. The minimum atomic E-state index is -0.929. The molecule has 1 saturated heterocycles. The molecule has 2 heterocycles. The van der Waals surface area contributed by atoms with Gasteiger partial charge in [-0.15, -0.1) is 0 Å². The van der Waals surface area contributed by atoms with E-state index in [1.54, 1.807) is 6.07 Å². The molecule has 0 bridgehead atoms. The first-order chi connectivity index (χ1) is 12.2. The van der Waals surface area contributed by atoms with Gasteiger partial charge >= 0.3 is 5.97 Å². The van der Waals surface area contributed by atoms with Crippen LogP contribution in [0.1, 0.15) is 27.9 Å². The SMILES string of the molecule is O=C(O)c1ccc(N2CCN([C@H]3CCc4ccccc4C3)CC2)nc1. The number of carboxylic acids is 1. The molecular formula is C20H23N3O2. The van der Waals surface area contributed by atoms with Gasteiger partial charge in [0.25, 0.3) is 0 Å². The van der Waals surface area contributed by atoms with Crippen molar-refractivity contribution in [3.05, 3.63) is 59.3 Å². The highest BCUT2D eigenvalue weighted by atomic mass is 16.4. The molecule has 1 aliphatic heterocycles. The van der Waals surface area contributed by atoms with E-state index < -0.39 is 5.97 Å². The van der Waals surface area contributed by atoms with E-state index >= 15 is 0 Å². The van der Waals surface area contributed by atoms with Crippen molar-refractivity contribution in [1.29, 1.82) is 0 Å². The van der Waals surface area contributed by atoms with E-state index in [0.717, 1.165) is 38.4 Å². The van der Waals surface area contributed by atoms with Crippen LogP contribution in [0.25, 0.3) is 0 Å². The number of rotatable bonds is 3. The van der Waals surface area contributed by atoms with Crippen molar-refractivity contribution in [3.63, 3.8) is 0 Å². The number of nitrogens with zero attached hydrogens (tertiary/aromatic N) is 3. The van der Waals surface area contributed by atoms with Gasteiger partial charge in [-0.05, 0) is 42.5 Å². The van der Waals surface area contributed by atoms with E-state index in [1.165, 1.54) is 30.2 Å². The highest BCUT2D eigenvalue weighted by Crippen LogP contribution is 2.25. The van der Waals surface area contributed by atoms with Crippen LogP contribution in [0.4, 0.5) is 5.82 Å². The fourth-order valence-electron chi connectivity index (χ4n) is 4.01. The Kier molecular flexibility index (Phi) is 4.40. The van der Waals surface area contributed by atoms with Crippen LogP contribution >= 0.6 is 0 Å². The summed E-state index contributed by atoms with van der Waals surface area (Å²) in [6.45, 7) is 3.96. The van der Waals surface area contributed by atoms with Crippen LogP contribution in [0.3, 0.4) is 0 Å². The molecular weight excluding hydrogens is 314 g/mol. The number of benzene rings is 1. The molecule has 0 saturated carbocycles. The maximum atomic E-state index is 10.9. The average Bonchev–Trinajstić information content (AvgIpc) is 2.68. The van der Waals surface area contributed by atoms with Gasteiger partial charge in [0.2, 0.25) is 0 Å². The molecule has 0 amide bonds. The van der Waals surface area contributed by atoms with Gasteiger partial charge in [-0.3, -0.25) is 4.90 Å². The van der Waals surface area contributed by atoms with E-state index in [9.17, 15) is 4.79 Å². The predicted molar refractivity (Wildman–Crippen MR) is 97.2 cm³/mol. The summed E-state index contributed by atoms with van der Waals surface area (Å²) >= 11 is 0. The highest BCUT2D eigenvalue weighted by molar-refractivity contribution is 5.87. The lowest BCUT2D eigenvalue weighted by molar-refractivity contribution is 0.0696. The summed E-state index contributed by atoms with van der Waals surface area (Å²) in [4.78, 5) is 20.1. The zero-order valence-electron chi connectivity index (χ0n) is 14.3. The van der Waals surface area contributed by atoms with Crippen LogP contribution in [0.5, 0.6) is 0 Å². The second-order valence-corrected chi connectivity index (χ2v) is 6.90. The van der Waals surface area contributed by atoms with Gasteiger partial charge in [0.15, 0.2) is 0 Å². The Morgan fingerprint density at radius 3 is 2.48 bits per heavy atom. The molecule has 1 aromatic heterocycles. The van der Waals surface area contributed by atoms with E-state index in [-0.39, 0.29) is 5.56 Å². The molecule has 130 valence electrons. The van der Waals surface area contributed by atoms with Crippen molar-refractivity contribution in [2.75, 3.05) is 31.1 Å². The number of carbonyl (C=O) groups is 1. The van der Waals surface area contributed by atoms with Crippen LogP contribution in [0.2, 0.25) is 0 Å². The second-order valence-electron chi connectivity index (χ2n) is 6.90. The second kappa shape index (κ2) is 6.84. The van der Waals surface area contributed by atoms with Crippen LogP contribution in [0, 0.1) is 0 Å². The normalized spacial score (nSPS) is 21.0. The Morgan fingerprint density at radius 2 is 1.80 bits per heavy atom. The monoisotopic (exact) mass is 337 g/mol. The summed E-state index contributed by atoms with van der Waals surface area (Å²) < 4.78 is 0. The van der Waals surface area contributed by atoms with Crippen LogP contribution in [-0.4, -0.2) is 53.2 Å². The van der Waals surface area contributed by atoms with E-state index in [4.69, 9.17) is 5.11 Å². The molecule has 1 aliphatic carbocycles. The lowest BCUT2D eigenvalue weighted by atomic mass is 9.87. The molecule has 5 heteroatoms. The molecule has 0 spiro atoms. The lowest BCUT2D eigenvalue weighted by Gasteiger charge is -2.41. The van der Waals surface area contributed by atoms with Crippen molar-refractivity contribution in [2.45, 2.75) is 25.3 Å². The fraction of sp³-hybridized carbons (Fsp3) is 0.400. The van der Waals surface area contributed by atoms with Gasteiger partial charge < -0.3 is 10.0 Å². The summed E-state index contributed by atoms with van der Waals surface area (Å²) in [7, 11) is 0. The minimum Gasteiger partial charge on any atom is -0.478 e. The van der Waals surface area contributed by atoms with E-state index in [0.29, 0.717) is 6.04 Å². The minimum absolute atomic E-state index is 0.239. The summed E-state index contributed by atoms with van der Waals surface area (Å²) in [6, 6.07) is 12.9. The first-order valence-electron chi connectivity index (χ1n) is 8.96. The summed E-state index contributed by atoms with van der Waals surface area (Å²) in [6.07, 6.45) is 5.02. The van der Waals surface area contributed by atoms with Crippen LogP contribution in [0.15, 0.2) is 42.6 Å². The maximum Gasteiger partial charge on any atom is 0.337 e. The molecule has 2 aliphatic rings. The fourth-order valence-corrected chi connectivity index (χ4v) is 4.01. The third kappa shape index (κ3) is 3.37. The quantitative estimate of drug-likeness (QED) is 0.932. The Morgan fingerprint density at radius 1 is 1.04 bits per heavy atom. The molecule has 4 rings (SSSR count). The first-order valence-corrected chi connectivity index (χ1v) is 8.96. The largest absolute Gasteiger partial charge is 0.478 e. The number of carboxylic acid groups (broad SMARTS) is 1. The van der Waals surface area contributed by atoms with Gasteiger partial charge in [-0.25, -0.2) is 9.78 Å². The van der Waals surface area contributed by atoms with Gasteiger partial charge in [0.1, 0.15) is 5.82 Å². The number of pyridine rings is 1. The zero-order valence-corrected chi connectivity index (χ0v) is 14.3. The number of fused-ring (bicyclic) bond motifs is 1. The molecule has 2 aromatic rings. The molecule has 25 heavy (non-hydrogen) atoms. The molecule has 0 unspecified atom stereocenters. The standard InChI is InChI=1S/C20H23N3O2/c24-20(25)17-6-8-19(21-14-17)23-11-9-22(10-12-23)18-7-5-15-3-1-2-4-16(15)13-18/h1-4,6,8,14,18H,5,7,9-13H2,(H,24,25)/t18-/m0/s1. The van der Waals surface area contributed by atoms with Crippen molar-refractivity contribution >= 4 is 11.8 Å². The first kappa shape index (κ1) is 16.1. The molecule has 5 nitrogen and oxygen atoms in total. The zero-order chi connectivity index (χ0) is 17.2. The summed E-state index contributed by atoms with van der Waals surface area (Å²) in [5.41, 5.74) is 3.26. The molecule has 1 fully saturated rings. The van der Waals surface area contributed by atoms with Crippen LogP contribution in [-0.2, 0) is 12.8 Å². The average molecular weight is 337 g/mol. The Balaban J connectivity index is 1.36. The van der Waals surface area contributed by atoms with E-state index in [2.05, 4.69) is 39.0 Å². The Hall–Kier alpha value is -2.40. The molecule has 0 radical (unpaired) electrons. The predicted octanol–water partition coefficient (Wildman–Crippen LogP) is 2.46. The number of hydrogen-bond acceptors (Lipinski definition) is 4. The number of anilines is 1. The van der Waals surface area contributed by atoms with Gasteiger partial charge in [0.05, 0.1) is 5.56 Å². The summed E-state index contributed by atoms with van der Waals surface area (Å²) in [5.74, 6) is -0.0555. The molecule has 1 atom stereocenters. The number of aromatic carboxylic acids is 1. The third-order valence-corrected chi connectivity index (χ3v) is 5.47. The Bertz CT molecular complexity index is 752. The van der Waals surface area contributed by atoms with Crippen molar-refractivity contribution in [3.8, 4) is 0 Å². The Labute approximate surface area is 147 Å². The van der Waals surface area contributed by atoms with Crippen molar-refractivity contribution in [2.24, 2.45) is 0 Å². The lowest BCUT2D eigenvalue weighted by Crippen LogP contribution is -2.52. The third-order valence-electron chi connectivity index (χ3n) is 5.47. The van der Waals surface area contributed by atoms with Gasteiger partial charge in [-0.1, -0.05) is 24.3 Å². The van der Waals surface area contributed by atoms with Gasteiger partial charge in [-0.2, -0.15) is 0 Å². The number of hydrogen-bond donors (Lipinski definition) is 1. The molecule has 1 aromatic carbocycles. The van der Waals surface area contributed by atoms with E-state index in [1.807, 2.05) is 6.07 Å². The summed E-state index contributed by atoms with van der Waals surface area (Å²) in [5, 5.41) is 8.97. The highest BCUT2D eigenvalue weighted by Gasteiger charge is 2.27. The number of aryl methyl sites for hydroxylation is 1. The van der Waals surface area contributed by atoms with Crippen molar-refractivity contribution < 1.29 is 9.90 Å². The van der Waals surface area contributed by atoms with Crippen LogP contribution < -0.4 is 4.90 Å².